The lowest BCUT2D eigenvalue weighted by atomic mass is 10.1. The summed E-state index contributed by atoms with van der Waals surface area (Å²) in [5.41, 5.74) is 15.1. The fourth-order valence-corrected chi connectivity index (χ4v) is 5.70. The standard InChI is InChI=1S/C30H27N3.C13H14/c1-2-10-29-25(24-12-5-7-14-30(24)33(29)20-9-3-8-19-31)17-15-22-16-18-28-26(21-22)23-11-4-6-13-27(23)32-28;1-3-8-12(9-4-2)13-10-6-5-7-11-13/h2-19,21,32H,20,31H2,1H3;3-11H,1H2,2H3/b9-3-,10-2-,17-15+,19-8-;9-4-,12-8+. The molecule has 2 heterocycles. The number of nitrogens with zero attached hydrogens (tertiary/aromatic N) is 1. The van der Waals surface area contributed by atoms with Crippen molar-refractivity contribution in [3.63, 3.8) is 0 Å². The minimum atomic E-state index is 0.777. The maximum atomic E-state index is 5.47. The van der Waals surface area contributed by atoms with Crippen LogP contribution in [0, 0.1) is 0 Å². The monoisotopic (exact) mass is 599 g/mol. The van der Waals surface area contributed by atoms with Gasteiger partial charge in [0.15, 0.2) is 0 Å². The SMILES string of the molecule is C/C=C\c1c(/C=C/c2ccc3[nH]c4ccccc4c3c2)c2ccccc2n1C/C=C\C=C/N.C=C/C=C(\C=C/C)c1ccccc1. The van der Waals surface area contributed by atoms with Gasteiger partial charge in [0.1, 0.15) is 0 Å². The number of hydrogen-bond donors (Lipinski definition) is 2. The summed E-state index contributed by atoms with van der Waals surface area (Å²) in [6.07, 6.45) is 24.2. The number of H-pyrrole nitrogens is 1. The topological polar surface area (TPSA) is 46.7 Å². The number of nitrogens with two attached hydrogens (primary N) is 1. The fourth-order valence-electron chi connectivity index (χ4n) is 5.70. The quantitative estimate of drug-likeness (QED) is 0.160. The van der Waals surface area contributed by atoms with Gasteiger partial charge in [-0.1, -0.05) is 134 Å². The Bertz CT molecular complexity index is 2110. The average molecular weight is 600 g/mol. The summed E-state index contributed by atoms with van der Waals surface area (Å²) < 4.78 is 2.35. The van der Waals surface area contributed by atoms with Crippen LogP contribution < -0.4 is 5.73 Å². The lowest BCUT2D eigenvalue weighted by Gasteiger charge is -2.05. The van der Waals surface area contributed by atoms with E-state index in [2.05, 4.69) is 138 Å². The van der Waals surface area contributed by atoms with Crippen LogP contribution in [-0.2, 0) is 6.54 Å². The van der Waals surface area contributed by atoms with E-state index in [4.69, 9.17) is 5.73 Å². The molecule has 0 atom stereocenters. The maximum absolute atomic E-state index is 5.47. The Morgan fingerprint density at radius 1 is 0.761 bits per heavy atom. The van der Waals surface area contributed by atoms with Crippen molar-refractivity contribution in [3.8, 4) is 0 Å². The Kier molecular flexibility index (Phi) is 10.8. The summed E-state index contributed by atoms with van der Waals surface area (Å²) in [4.78, 5) is 3.51. The van der Waals surface area contributed by atoms with E-state index in [1.807, 2.05) is 55.5 Å². The predicted molar refractivity (Wildman–Crippen MR) is 203 cm³/mol. The molecule has 46 heavy (non-hydrogen) atoms. The van der Waals surface area contributed by atoms with E-state index in [1.54, 1.807) is 6.20 Å². The molecule has 0 aliphatic heterocycles. The number of nitrogens with one attached hydrogen (secondary N) is 1. The van der Waals surface area contributed by atoms with Crippen LogP contribution in [0.2, 0.25) is 0 Å². The molecule has 0 fully saturated rings. The molecule has 0 saturated carbocycles. The molecule has 6 rings (SSSR count). The van der Waals surface area contributed by atoms with Crippen LogP contribution in [0.15, 0.2) is 158 Å². The van der Waals surface area contributed by atoms with Crippen molar-refractivity contribution in [2.24, 2.45) is 5.73 Å². The normalized spacial score (nSPS) is 12.5. The second kappa shape index (κ2) is 15.8. The first-order valence-corrected chi connectivity index (χ1v) is 15.6. The van der Waals surface area contributed by atoms with Crippen molar-refractivity contribution in [1.29, 1.82) is 0 Å². The first-order valence-electron chi connectivity index (χ1n) is 15.6. The van der Waals surface area contributed by atoms with Gasteiger partial charge >= 0.3 is 0 Å². The molecule has 3 heteroatoms. The summed E-state index contributed by atoms with van der Waals surface area (Å²) in [5, 5.41) is 3.76. The average Bonchev–Trinajstić information content (AvgIpc) is 3.61. The minimum Gasteiger partial charge on any atom is -0.405 e. The highest BCUT2D eigenvalue weighted by atomic mass is 15.0. The van der Waals surface area contributed by atoms with Gasteiger partial charge in [0, 0.05) is 50.5 Å². The van der Waals surface area contributed by atoms with Gasteiger partial charge in [-0.15, -0.1) is 0 Å². The molecule has 0 spiro atoms. The van der Waals surface area contributed by atoms with E-state index >= 15 is 0 Å². The highest BCUT2D eigenvalue weighted by Gasteiger charge is 2.12. The van der Waals surface area contributed by atoms with Crippen LogP contribution in [0.3, 0.4) is 0 Å². The van der Waals surface area contributed by atoms with Crippen LogP contribution in [0.4, 0.5) is 0 Å². The number of allylic oxidation sites excluding steroid dienone is 9. The third-order valence-corrected chi connectivity index (χ3v) is 7.75. The van der Waals surface area contributed by atoms with Gasteiger partial charge in [0.2, 0.25) is 0 Å². The van der Waals surface area contributed by atoms with E-state index in [1.165, 1.54) is 55.1 Å². The van der Waals surface area contributed by atoms with Crippen molar-refractivity contribution >= 4 is 56.5 Å². The Balaban J connectivity index is 0.000000270. The molecule has 3 nitrogen and oxygen atoms in total. The van der Waals surface area contributed by atoms with E-state index in [0.717, 1.165) is 12.1 Å². The molecule has 0 bridgehead atoms. The summed E-state index contributed by atoms with van der Waals surface area (Å²) in [6.45, 7) is 8.55. The second-order valence-corrected chi connectivity index (χ2v) is 10.8. The number of benzene rings is 4. The molecular weight excluding hydrogens is 558 g/mol. The molecule has 6 aromatic rings. The fraction of sp³-hybridized carbons (Fsp3) is 0.0698. The molecule has 228 valence electrons. The molecule has 0 unspecified atom stereocenters. The van der Waals surface area contributed by atoms with Crippen LogP contribution >= 0.6 is 0 Å². The van der Waals surface area contributed by atoms with E-state index in [9.17, 15) is 0 Å². The van der Waals surface area contributed by atoms with Gasteiger partial charge in [-0.3, -0.25) is 0 Å². The largest absolute Gasteiger partial charge is 0.405 e. The highest BCUT2D eigenvalue weighted by molar-refractivity contribution is 6.08. The first kappa shape index (κ1) is 31.6. The molecule has 3 N–H and O–H groups in total. The van der Waals surface area contributed by atoms with Crippen molar-refractivity contribution in [2.75, 3.05) is 0 Å². The highest BCUT2D eigenvalue weighted by Crippen LogP contribution is 2.31. The smallest absolute Gasteiger partial charge is 0.0494 e. The zero-order chi connectivity index (χ0) is 32.1. The second-order valence-electron chi connectivity index (χ2n) is 10.8. The van der Waals surface area contributed by atoms with Gasteiger partial charge in [0.25, 0.3) is 0 Å². The molecule has 0 radical (unpaired) electrons. The number of fused-ring (bicyclic) bond motifs is 4. The third-order valence-electron chi connectivity index (χ3n) is 7.75. The Morgan fingerprint density at radius 2 is 1.50 bits per heavy atom. The van der Waals surface area contributed by atoms with Crippen LogP contribution in [0.25, 0.3) is 56.5 Å². The van der Waals surface area contributed by atoms with E-state index in [0.29, 0.717) is 0 Å². The molecule has 4 aromatic carbocycles. The third kappa shape index (κ3) is 7.28. The molecular formula is C43H41N3. The number of aromatic nitrogens is 2. The van der Waals surface area contributed by atoms with Crippen molar-refractivity contribution in [3.05, 3.63) is 181 Å². The van der Waals surface area contributed by atoms with E-state index < -0.39 is 0 Å². The molecule has 2 aromatic heterocycles. The Morgan fingerprint density at radius 3 is 2.26 bits per heavy atom. The predicted octanol–water partition coefficient (Wildman–Crippen LogP) is 11.3. The van der Waals surface area contributed by atoms with Gasteiger partial charge < -0.3 is 15.3 Å². The van der Waals surface area contributed by atoms with Crippen LogP contribution in [0.1, 0.15) is 36.2 Å². The lowest BCUT2D eigenvalue weighted by Crippen LogP contribution is -1.98. The molecule has 0 aliphatic carbocycles. The van der Waals surface area contributed by atoms with Gasteiger partial charge in [-0.05, 0) is 73.2 Å². The molecule has 0 aliphatic rings. The summed E-state index contributed by atoms with van der Waals surface area (Å²) >= 11 is 0. The lowest BCUT2D eigenvalue weighted by molar-refractivity contribution is 0.852. The summed E-state index contributed by atoms with van der Waals surface area (Å²) in [7, 11) is 0. The zero-order valence-corrected chi connectivity index (χ0v) is 26.6. The van der Waals surface area contributed by atoms with Gasteiger partial charge in [-0.2, -0.15) is 0 Å². The van der Waals surface area contributed by atoms with Crippen LogP contribution in [-0.4, -0.2) is 9.55 Å². The Hall–Kier alpha value is -5.80. The van der Waals surface area contributed by atoms with Crippen molar-refractivity contribution < 1.29 is 0 Å². The number of hydrogen-bond acceptors (Lipinski definition) is 1. The van der Waals surface area contributed by atoms with Gasteiger partial charge in [-0.25, -0.2) is 0 Å². The molecule has 0 saturated heterocycles. The summed E-state index contributed by atoms with van der Waals surface area (Å²) in [6, 6.07) is 33.9. The van der Waals surface area contributed by atoms with Gasteiger partial charge in [0.05, 0.1) is 0 Å². The van der Waals surface area contributed by atoms with E-state index in [-0.39, 0.29) is 0 Å². The first-order chi connectivity index (χ1) is 22.7. The maximum Gasteiger partial charge on any atom is 0.0494 e. The number of aromatic amines is 1. The van der Waals surface area contributed by atoms with Crippen LogP contribution in [0.5, 0.6) is 0 Å². The zero-order valence-electron chi connectivity index (χ0n) is 26.6. The molecule has 0 amide bonds. The summed E-state index contributed by atoms with van der Waals surface area (Å²) in [5.74, 6) is 0. The Labute approximate surface area is 272 Å². The van der Waals surface area contributed by atoms with Crippen molar-refractivity contribution in [1.82, 2.24) is 9.55 Å². The number of para-hydroxylation sites is 2. The number of rotatable bonds is 9. The minimum absolute atomic E-state index is 0.777. The van der Waals surface area contributed by atoms with Crippen molar-refractivity contribution in [2.45, 2.75) is 20.4 Å².